The van der Waals surface area contributed by atoms with E-state index in [0.29, 0.717) is 6.04 Å². The minimum Gasteiger partial charge on any atom is -0.451 e. The van der Waals surface area contributed by atoms with Gasteiger partial charge in [0.25, 0.3) is 5.91 Å². The molecule has 0 aliphatic heterocycles. The molecule has 25 heavy (non-hydrogen) atoms. The van der Waals surface area contributed by atoms with Crippen molar-refractivity contribution in [2.45, 2.75) is 52.0 Å². The van der Waals surface area contributed by atoms with Crippen molar-refractivity contribution in [3.63, 3.8) is 0 Å². The molecular formula is C19H25N3O3. The zero-order chi connectivity index (χ0) is 18.4. The molecule has 1 N–H and O–H groups in total. The van der Waals surface area contributed by atoms with E-state index in [4.69, 9.17) is 4.74 Å². The fraction of sp³-hybridized carbons (Fsp3) is 0.526. The number of ether oxygens (including phenoxy) is 1. The third-order valence-electron chi connectivity index (χ3n) is 4.72. The van der Waals surface area contributed by atoms with Gasteiger partial charge in [-0.1, -0.05) is 19.3 Å². The number of hydrogen-bond acceptors (Lipinski definition) is 4. The fourth-order valence-corrected chi connectivity index (χ4v) is 3.42. The number of aryl methyl sites for hydroxylation is 1. The topological polar surface area (TPSA) is 84.1 Å². The Morgan fingerprint density at radius 2 is 2.04 bits per heavy atom. The summed E-state index contributed by atoms with van der Waals surface area (Å²) in [4.78, 5) is 23.2. The molecular weight excluding hydrogens is 318 g/mol. The summed E-state index contributed by atoms with van der Waals surface area (Å²) in [7, 11) is 1.46. The largest absolute Gasteiger partial charge is 0.451 e. The summed E-state index contributed by atoms with van der Waals surface area (Å²) in [5, 5.41) is 11.6. The van der Waals surface area contributed by atoms with Crippen molar-refractivity contribution in [2.75, 3.05) is 13.7 Å². The average molecular weight is 343 g/mol. The maximum Gasteiger partial charge on any atom is 0.349 e. The van der Waals surface area contributed by atoms with Gasteiger partial charge in [-0.3, -0.25) is 4.79 Å². The summed E-state index contributed by atoms with van der Waals surface area (Å²) >= 11 is 0. The van der Waals surface area contributed by atoms with Gasteiger partial charge < -0.3 is 14.6 Å². The number of nitriles is 1. The first-order chi connectivity index (χ1) is 12.0. The van der Waals surface area contributed by atoms with E-state index in [1.165, 1.54) is 39.2 Å². The molecule has 1 fully saturated rings. The van der Waals surface area contributed by atoms with E-state index >= 15 is 0 Å². The van der Waals surface area contributed by atoms with Crippen LogP contribution >= 0.6 is 0 Å². The first-order valence-corrected chi connectivity index (χ1v) is 8.65. The highest BCUT2D eigenvalue weighted by atomic mass is 16.5. The van der Waals surface area contributed by atoms with Crippen LogP contribution in [-0.2, 0) is 14.3 Å². The average Bonchev–Trinajstić information content (AvgIpc) is 2.91. The van der Waals surface area contributed by atoms with Crippen molar-refractivity contribution < 1.29 is 14.3 Å². The molecule has 0 saturated heterocycles. The number of hydrogen-bond donors (Lipinski definition) is 1. The van der Waals surface area contributed by atoms with Crippen LogP contribution in [0, 0.1) is 25.2 Å². The predicted molar refractivity (Wildman–Crippen MR) is 94.6 cm³/mol. The van der Waals surface area contributed by atoms with Gasteiger partial charge in [-0.25, -0.2) is 4.79 Å². The fourth-order valence-electron chi connectivity index (χ4n) is 3.42. The number of nitrogens with zero attached hydrogens (tertiary/aromatic N) is 2. The van der Waals surface area contributed by atoms with Crippen LogP contribution in [0.4, 0.5) is 0 Å². The number of likely N-dealkylation sites (N-methyl/N-ethyl adjacent to an activating group) is 1. The standard InChI is InChI=1S/C19H25N3O3/c1-13-9-15(14(2)22(13)17-7-5-4-6-8-17)10-16(11-20)19(24)25-12-18(23)21-3/h9-10,17H,4-8,12H2,1-3H3,(H,21,23)/b16-10+. The van der Waals surface area contributed by atoms with Crippen molar-refractivity contribution in [1.29, 1.82) is 5.26 Å². The van der Waals surface area contributed by atoms with E-state index in [-0.39, 0.29) is 5.57 Å². The lowest BCUT2D eigenvalue weighted by atomic mass is 9.95. The van der Waals surface area contributed by atoms with Crippen LogP contribution in [0.5, 0.6) is 0 Å². The number of esters is 1. The van der Waals surface area contributed by atoms with Crippen molar-refractivity contribution in [1.82, 2.24) is 9.88 Å². The molecule has 1 aromatic rings. The molecule has 0 unspecified atom stereocenters. The Morgan fingerprint density at radius 1 is 1.36 bits per heavy atom. The van der Waals surface area contributed by atoms with Crippen molar-refractivity contribution in [2.24, 2.45) is 0 Å². The maximum atomic E-state index is 12.0. The highest BCUT2D eigenvalue weighted by molar-refractivity contribution is 5.99. The molecule has 0 spiro atoms. The molecule has 0 radical (unpaired) electrons. The molecule has 0 atom stereocenters. The summed E-state index contributed by atoms with van der Waals surface area (Å²) in [6.45, 7) is 3.67. The monoisotopic (exact) mass is 343 g/mol. The number of aromatic nitrogens is 1. The van der Waals surface area contributed by atoms with Crippen LogP contribution in [0.2, 0.25) is 0 Å². The number of nitrogens with one attached hydrogen (secondary N) is 1. The maximum absolute atomic E-state index is 12.0. The lowest BCUT2D eigenvalue weighted by molar-refractivity contribution is -0.144. The lowest BCUT2D eigenvalue weighted by Gasteiger charge is -2.26. The minimum atomic E-state index is -0.784. The lowest BCUT2D eigenvalue weighted by Crippen LogP contribution is -2.25. The Morgan fingerprint density at radius 3 is 2.64 bits per heavy atom. The Bertz CT molecular complexity index is 719. The molecule has 1 aliphatic rings. The van der Waals surface area contributed by atoms with E-state index in [0.717, 1.165) is 17.0 Å². The first kappa shape index (κ1) is 18.8. The van der Waals surface area contributed by atoms with Gasteiger partial charge in [0.1, 0.15) is 11.6 Å². The summed E-state index contributed by atoms with van der Waals surface area (Å²) in [5.41, 5.74) is 2.92. The van der Waals surface area contributed by atoms with E-state index in [9.17, 15) is 14.9 Å². The Hall–Kier alpha value is -2.55. The molecule has 0 bridgehead atoms. The zero-order valence-corrected chi connectivity index (χ0v) is 15.1. The molecule has 0 aromatic carbocycles. The van der Waals surface area contributed by atoms with Gasteiger partial charge in [-0.2, -0.15) is 5.26 Å². The molecule has 134 valence electrons. The van der Waals surface area contributed by atoms with Crippen LogP contribution < -0.4 is 5.32 Å². The smallest absolute Gasteiger partial charge is 0.349 e. The van der Waals surface area contributed by atoms with Crippen LogP contribution in [0.1, 0.15) is 55.1 Å². The normalized spacial score (nSPS) is 15.5. The molecule has 2 rings (SSSR count). The van der Waals surface area contributed by atoms with Crippen LogP contribution in [0.3, 0.4) is 0 Å². The van der Waals surface area contributed by atoms with Gasteiger partial charge in [0.15, 0.2) is 6.61 Å². The Kier molecular flexibility index (Phi) is 6.40. The van der Waals surface area contributed by atoms with E-state index in [1.54, 1.807) is 6.08 Å². The number of carbonyl (C=O) groups is 2. The molecule has 1 aromatic heterocycles. The molecule has 6 nitrogen and oxygen atoms in total. The van der Waals surface area contributed by atoms with Gasteiger partial charge >= 0.3 is 5.97 Å². The Balaban J connectivity index is 2.22. The second kappa shape index (κ2) is 8.52. The van der Waals surface area contributed by atoms with Crippen LogP contribution in [0.15, 0.2) is 11.6 Å². The molecule has 1 aliphatic carbocycles. The summed E-state index contributed by atoms with van der Waals surface area (Å²) < 4.78 is 7.18. The quantitative estimate of drug-likeness (QED) is 0.506. The third-order valence-corrected chi connectivity index (χ3v) is 4.72. The molecule has 1 saturated carbocycles. The van der Waals surface area contributed by atoms with E-state index in [2.05, 4.69) is 16.8 Å². The Labute approximate surface area is 148 Å². The molecule has 6 heteroatoms. The molecule has 1 amide bonds. The number of rotatable bonds is 5. The van der Waals surface area contributed by atoms with Gasteiger partial charge in [0, 0.05) is 24.5 Å². The number of amides is 1. The van der Waals surface area contributed by atoms with Crippen molar-refractivity contribution >= 4 is 18.0 Å². The van der Waals surface area contributed by atoms with Crippen LogP contribution in [-0.4, -0.2) is 30.1 Å². The van der Waals surface area contributed by atoms with Gasteiger partial charge in [0.2, 0.25) is 0 Å². The second-order valence-corrected chi connectivity index (χ2v) is 6.41. The van der Waals surface area contributed by atoms with Crippen molar-refractivity contribution in [3.05, 3.63) is 28.6 Å². The van der Waals surface area contributed by atoms with Gasteiger partial charge in [0.05, 0.1) is 0 Å². The van der Waals surface area contributed by atoms with Crippen LogP contribution in [0.25, 0.3) is 6.08 Å². The second-order valence-electron chi connectivity index (χ2n) is 6.41. The first-order valence-electron chi connectivity index (χ1n) is 8.65. The highest BCUT2D eigenvalue weighted by Gasteiger charge is 2.20. The predicted octanol–water partition coefficient (Wildman–Crippen LogP) is 2.81. The SMILES string of the molecule is CNC(=O)COC(=O)/C(C#N)=C/c1cc(C)n(C2CCCCC2)c1C. The van der Waals surface area contributed by atoms with Gasteiger partial charge in [-0.15, -0.1) is 0 Å². The van der Waals surface area contributed by atoms with E-state index in [1.807, 2.05) is 19.1 Å². The summed E-state index contributed by atoms with van der Waals surface area (Å²) in [5.74, 6) is -1.20. The third kappa shape index (κ3) is 4.50. The van der Waals surface area contributed by atoms with E-state index < -0.39 is 18.5 Å². The highest BCUT2D eigenvalue weighted by Crippen LogP contribution is 2.32. The zero-order valence-electron chi connectivity index (χ0n) is 15.1. The molecule has 1 heterocycles. The summed E-state index contributed by atoms with van der Waals surface area (Å²) in [6.07, 6.45) is 7.65. The summed E-state index contributed by atoms with van der Waals surface area (Å²) in [6, 6.07) is 4.35. The van der Waals surface area contributed by atoms with Crippen molar-refractivity contribution in [3.8, 4) is 6.07 Å². The minimum absolute atomic E-state index is 0.104. The number of carbonyl (C=O) groups excluding carboxylic acids is 2. The van der Waals surface area contributed by atoms with Gasteiger partial charge in [-0.05, 0) is 44.4 Å².